The molecule has 0 amide bonds. The molecule has 0 spiro atoms. The first-order chi connectivity index (χ1) is 10.8. The van der Waals surface area contributed by atoms with Gasteiger partial charge in [-0.05, 0) is 18.9 Å². The Morgan fingerprint density at radius 3 is 2.86 bits per heavy atom. The molecule has 3 heterocycles. The minimum absolute atomic E-state index is 0.508. The van der Waals surface area contributed by atoms with Crippen LogP contribution in [-0.4, -0.2) is 35.8 Å². The van der Waals surface area contributed by atoms with Gasteiger partial charge in [-0.2, -0.15) is 0 Å². The summed E-state index contributed by atoms with van der Waals surface area (Å²) in [6.45, 7) is 4.70. The molecule has 2 saturated heterocycles. The highest BCUT2D eigenvalue weighted by Crippen LogP contribution is 2.42. The lowest BCUT2D eigenvalue weighted by atomic mass is 9.84. The smallest absolute Gasteiger partial charge is 0.147 e. The van der Waals surface area contributed by atoms with Crippen LogP contribution in [0.2, 0.25) is 0 Å². The van der Waals surface area contributed by atoms with Gasteiger partial charge in [-0.25, -0.2) is 4.98 Å². The van der Waals surface area contributed by atoms with Crippen LogP contribution < -0.4 is 4.90 Å². The van der Waals surface area contributed by atoms with Crippen LogP contribution in [0.25, 0.3) is 0 Å². The van der Waals surface area contributed by atoms with E-state index in [4.69, 9.17) is 9.72 Å². The van der Waals surface area contributed by atoms with E-state index in [0.29, 0.717) is 17.9 Å². The molecule has 2 aliphatic rings. The molecular weight excluding hydrogens is 274 g/mol. The highest BCUT2D eigenvalue weighted by molar-refractivity contribution is 5.43. The Balaban J connectivity index is 1.69. The second-order valence-electron chi connectivity index (χ2n) is 6.28. The van der Waals surface area contributed by atoms with E-state index >= 15 is 0 Å². The zero-order chi connectivity index (χ0) is 14.9. The first-order valence-electron chi connectivity index (χ1n) is 8.01. The number of fused-ring (bicyclic) bond motifs is 1. The van der Waals surface area contributed by atoms with Crippen molar-refractivity contribution in [2.75, 3.05) is 24.7 Å². The molecule has 0 radical (unpaired) electrons. The van der Waals surface area contributed by atoms with Crippen molar-refractivity contribution in [3.05, 3.63) is 54.0 Å². The molecule has 4 nitrogen and oxygen atoms in total. The second-order valence-corrected chi connectivity index (χ2v) is 6.28. The van der Waals surface area contributed by atoms with E-state index in [1.54, 1.807) is 0 Å². The van der Waals surface area contributed by atoms with Crippen LogP contribution in [0.15, 0.2) is 42.7 Å². The van der Waals surface area contributed by atoms with Gasteiger partial charge in [0.25, 0.3) is 0 Å². The van der Waals surface area contributed by atoms with Crippen molar-refractivity contribution in [2.45, 2.75) is 25.3 Å². The summed E-state index contributed by atoms with van der Waals surface area (Å²) < 4.78 is 5.78. The van der Waals surface area contributed by atoms with Gasteiger partial charge >= 0.3 is 0 Å². The van der Waals surface area contributed by atoms with E-state index in [0.717, 1.165) is 37.7 Å². The number of hydrogen-bond acceptors (Lipinski definition) is 4. The molecule has 0 bridgehead atoms. The highest BCUT2D eigenvalue weighted by atomic mass is 16.5. The molecule has 22 heavy (non-hydrogen) atoms. The van der Waals surface area contributed by atoms with Crippen LogP contribution in [-0.2, 0) is 4.74 Å². The molecular formula is C18H21N3O. The summed E-state index contributed by atoms with van der Waals surface area (Å²) in [7, 11) is 0. The van der Waals surface area contributed by atoms with Gasteiger partial charge in [-0.3, -0.25) is 4.98 Å². The zero-order valence-corrected chi connectivity index (χ0v) is 12.9. The zero-order valence-electron chi connectivity index (χ0n) is 12.9. The number of anilines is 1. The molecule has 2 aromatic rings. The Bertz CT molecular complexity index is 646. The standard InChI is InChI=1S/C18H21N3O/c1-13-9-19-10-18(20-13)21-11-15(14-5-3-2-4-6-14)16-12-22-8-7-17(16)21/h2-6,9-10,15-17H,7-8,11-12H2,1H3/t15-,16-,17-/m1/s1. The van der Waals surface area contributed by atoms with Crippen molar-refractivity contribution in [2.24, 2.45) is 5.92 Å². The third-order valence-electron chi connectivity index (χ3n) is 4.94. The fourth-order valence-corrected chi connectivity index (χ4v) is 3.91. The van der Waals surface area contributed by atoms with Crippen LogP contribution in [0.3, 0.4) is 0 Å². The minimum atomic E-state index is 0.508. The van der Waals surface area contributed by atoms with Crippen molar-refractivity contribution in [3.63, 3.8) is 0 Å². The first-order valence-corrected chi connectivity index (χ1v) is 8.01. The second kappa shape index (κ2) is 5.69. The van der Waals surface area contributed by atoms with E-state index in [1.807, 2.05) is 19.3 Å². The Hall–Kier alpha value is -1.94. The van der Waals surface area contributed by atoms with Crippen LogP contribution in [0.5, 0.6) is 0 Å². The van der Waals surface area contributed by atoms with Crippen LogP contribution in [0.4, 0.5) is 5.82 Å². The lowest BCUT2D eigenvalue weighted by Gasteiger charge is -2.32. The Morgan fingerprint density at radius 1 is 1.18 bits per heavy atom. The highest BCUT2D eigenvalue weighted by Gasteiger charge is 2.44. The van der Waals surface area contributed by atoms with E-state index in [9.17, 15) is 0 Å². The summed E-state index contributed by atoms with van der Waals surface area (Å²) >= 11 is 0. The molecule has 2 aliphatic heterocycles. The third-order valence-corrected chi connectivity index (χ3v) is 4.94. The number of aryl methyl sites for hydroxylation is 1. The van der Waals surface area contributed by atoms with Gasteiger partial charge in [0, 0.05) is 37.2 Å². The van der Waals surface area contributed by atoms with Crippen LogP contribution in [0.1, 0.15) is 23.6 Å². The number of aromatic nitrogens is 2. The number of benzene rings is 1. The molecule has 3 atom stereocenters. The molecule has 1 aromatic heterocycles. The van der Waals surface area contributed by atoms with E-state index < -0.39 is 0 Å². The number of ether oxygens (including phenoxy) is 1. The Labute approximate surface area is 131 Å². The normalized spacial score (nSPS) is 27.7. The summed E-state index contributed by atoms with van der Waals surface area (Å²) in [6.07, 6.45) is 4.78. The van der Waals surface area contributed by atoms with Crippen LogP contribution in [0, 0.1) is 12.8 Å². The lowest BCUT2D eigenvalue weighted by molar-refractivity contribution is 0.0461. The molecule has 0 unspecified atom stereocenters. The monoisotopic (exact) mass is 295 g/mol. The average molecular weight is 295 g/mol. The predicted molar refractivity (Wildman–Crippen MR) is 86.0 cm³/mol. The van der Waals surface area contributed by atoms with Gasteiger partial charge in [-0.1, -0.05) is 30.3 Å². The summed E-state index contributed by atoms with van der Waals surface area (Å²) in [6, 6.07) is 11.3. The van der Waals surface area contributed by atoms with E-state index in [-0.39, 0.29) is 0 Å². The number of hydrogen-bond donors (Lipinski definition) is 0. The van der Waals surface area contributed by atoms with Gasteiger partial charge < -0.3 is 9.64 Å². The molecule has 1 aromatic carbocycles. The van der Waals surface area contributed by atoms with Crippen molar-refractivity contribution in [1.29, 1.82) is 0 Å². The molecule has 0 aliphatic carbocycles. The Kier molecular flexibility index (Phi) is 3.54. The van der Waals surface area contributed by atoms with Gasteiger partial charge in [0.1, 0.15) is 5.82 Å². The third kappa shape index (κ3) is 2.37. The molecule has 4 rings (SSSR count). The van der Waals surface area contributed by atoms with Crippen molar-refractivity contribution in [1.82, 2.24) is 9.97 Å². The summed E-state index contributed by atoms with van der Waals surface area (Å²) in [5.41, 5.74) is 2.38. The Morgan fingerprint density at radius 2 is 2.05 bits per heavy atom. The van der Waals surface area contributed by atoms with Crippen molar-refractivity contribution >= 4 is 5.82 Å². The molecule has 4 heteroatoms. The maximum absolute atomic E-state index is 5.78. The van der Waals surface area contributed by atoms with Crippen LogP contribution >= 0.6 is 0 Å². The molecule has 2 fully saturated rings. The SMILES string of the molecule is Cc1cncc(N2C[C@H](c3ccccc3)[C@H]3COCC[C@H]32)n1. The van der Waals surface area contributed by atoms with Gasteiger partial charge in [0.15, 0.2) is 0 Å². The first kappa shape index (κ1) is 13.7. The maximum Gasteiger partial charge on any atom is 0.147 e. The summed E-state index contributed by atoms with van der Waals surface area (Å²) in [5, 5.41) is 0. The van der Waals surface area contributed by atoms with Crippen molar-refractivity contribution in [3.8, 4) is 0 Å². The molecule has 0 N–H and O–H groups in total. The number of nitrogens with zero attached hydrogens (tertiary/aromatic N) is 3. The summed E-state index contributed by atoms with van der Waals surface area (Å²) in [5.74, 6) is 2.06. The van der Waals surface area contributed by atoms with E-state index in [2.05, 4.69) is 40.2 Å². The number of rotatable bonds is 2. The van der Waals surface area contributed by atoms with E-state index in [1.165, 1.54) is 5.56 Å². The van der Waals surface area contributed by atoms with Gasteiger partial charge in [-0.15, -0.1) is 0 Å². The molecule has 114 valence electrons. The van der Waals surface area contributed by atoms with Gasteiger partial charge in [0.2, 0.25) is 0 Å². The van der Waals surface area contributed by atoms with Crippen molar-refractivity contribution < 1.29 is 4.74 Å². The molecule has 0 saturated carbocycles. The average Bonchev–Trinajstić information content (AvgIpc) is 2.95. The predicted octanol–water partition coefficient (Wildman–Crippen LogP) is 2.79. The largest absolute Gasteiger partial charge is 0.381 e. The fourth-order valence-electron chi connectivity index (χ4n) is 3.91. The lowest BCUT2D eigenvalue weighted by Crippen LogP contribution is -2.39. The topological polar surface area (TPSA) is 38.2 Å². The van der Waals surface area contributed by atoms with Gasteiger partial charge in [0.05, 0.1) is 18.5 Å². The quantitative estimate of drug-likeness (QED) is 0.854. The minimum Gasteiger partial charge on any atom is -0.381 e. The fraction of sp³-hybridized carbons (Fsp3) is 0.444. The summed E-state index contributed by atoms with van der Waals surface area (Å²) in [4.78, 5) is 11.5. The maximum atomic E-state index is 5.78.